The van der Waals surface area contributed by atoms with Gasteiger partial charge in [0.1, 0.15) is 5.65 Å². The third kappa shape index (κ3) is 4.89. The number of halogens is 1. The fourth-order valence-electron chi connectivity index (χ4n) is 3.27. The Morgan fingerprint density at radius 3 is 2.93 bits per heavy atom. The highest BCUT2D eigenvalue weighted by Crippen LogP contribution is 2.15. The minimum atomic E-state index is -3.72. The van der Waals surface area contributed by atoms with E-state index in [9.17, 15) is 13.2 Å². The second-order valence-corrected chi connectivity index (χ2v) is 9.73. The van der Waals surface area contributed by atoms with E-state index in [1.54, 1.807) is 12.1 Å². The number of hydrogen-bond donors (Lipinski definition) is 2. The summed E-state index contributed by atoms with van der Waals surface area (Å²) in [5.74, 6) is -0.371. The predicted molar refractivity (Wildman–Crippen MR) is 115 cm³/mol. The van der Waals surface area contributed by atoms with Crippen LogP contribution in [0, 0.1) is 0 Å². The van der Waals surface area contributed by atoms with Crippen LogP contribution in [-0.2, 0) is 21.3 Å². The van der Waals surface area contributed by atoms with E-state index in [0.29, 0.717) is 12.3 Å². The molecule has 1 aliphatic rings. The lowest BCUT2D eigenvalue weighted by Gasteiger charge is -2.12. The number of nitrogens with zero attached hydrogens (tertiary/aromatic N) is 2. The number of pyridine rings is 1. The zero-order valence-electron chi connectivity index (χ0n) is 16.0. The molecular weight excluding hydrogens is 472 g/mol. The number of benzene rings is 1. The molecule has 0 aliphatic carbocycles. The molecule has 1 fully saturated rings. The van der Waals surface area contributed by atoms with Gasteiger partial charge in [0.25, 0.3) is 5.91 Å². The highest BCUT2D eigenvalue weighted by molar-refractivity contribution is 9.10. The second-order valence-electron chi connectivity index (χ2n) is 7.04. The summed E-state index contributed by atoms with van der Waals surface area (Å²) < 4.78 is 35.9. The van der Waals surface area contributed by atoms with Gasteiger partial charge in [-0.15, -0.1) is 0 Å². The molecule has 4 rings (SSSR count). The van der Waals surface area contributed by atoms with E-state index in [1.807, 2.05) is 28.9 Å². The molecule has 1 aliphatic heterocycles. The van der Waals surface area contributed by atoms with Crippen molar-refractivity contribution in [3.8, 4) is 0 Å². The lowest BCUT2D eigenvalue weighted by Crippen LogP contribution is -2.32. The molecule has 3 heterocycles. The Labute approximate surface area is 182 Å². The van der Waals surface area contributed by atoms with Crippen LogP contribution in [0.15, 0.2) is 58.2 Å². The number of fused-ring (bicyclic) bond motifs is 1. The van der Waals surface area contributed by atoms with Crippen LogP contribution in [0.2, 0.25) is 0 Å². The van der Waals surface area contributed by atoms with E-state index in [2.05, 4.69) is 31.0 Å². The van der Waals surface area contributed by atoms with E-state index in [0.717, 1.165) is 23.0 Å². The Balaban J connectivity index is 1.41. The van der Waals surface area contributed by atoms with Crippen molar-refractivity contribution in [2.24, 2.45) is 0 Å². The first kappa shape index (κ1) is 21.0. The largest absolute Gasteiger partial charge is 0.377 e. The van der Waals surface area contributed by atoms with Crippen LogP contribution in [0.1, 0.15) is 28.9 Å². The average Bonchev–Trinajstić information content (AvgIpc) is 3.40. The lowest BCUT2D eigenvalue weighted by molar-refractivity contribution is 0.0950. The van der Waals surface area contributed by atoms with Crippen LogP contribution in [0.25, 0.3) is 5.65 Å². The molecular formula is C20H21BrN4O4S. The summed E-state index contributed by atoms with van der Waals surface area (Å²) in [4.78, 5) is 17.0. The van der Waals surface area contributed by atoms with Gasteiger partial charge in [-0.3, -0.25) is 4.79 Å². The molecule has 0 bridgehead atoms. The first-order chi connectivity index (χ1) is 14.4. The maximum absolute atomic E-state index is 12.6. The molecule has 8 nitrogen and oxygen atoms in total. The summed E-state index contributed by atoms with van der Waals surface area (Å²) in [6, 6.07) is 9.73. The van der Waals surface area contributed by atoms with Crippen LogP contribution < -0.4 is 10.0 Å². The lowest BCUT2D eigenvalue weighted by atomic mass is 10.2. The fourth-order valence-corrected chi connectivity index (χ4v) is 4.74. The summed E-state index contributed by atoms with van der Waals surface area (Å²) in [6.45, 7) is 1.11. The number of hydrogen-bond acceptors (Lipinski definition) is 5. The third-order valence-corrected chi connectivity index (χ3v) is 6.72. The smallest absolute Gasteiger partial charge is 0.251 e. The van der Waals surface area contributed by atoms with Gasteiger partial charge in [-0.05, 0) is 59.1 Å². The number of aromatic nitrogens is 2. The van der Waals surface area contributed by atoms with Gasteiger partial charge in [-0.1, -0.05) is 6.07 Å². The van der Waals surface area contributed by atoms with Crippen molar-refractivity contribution >= 4 is 37.5 Å². The van der Waals surface area contributed by atoms with Crippen LogP contribution in [-0.4, -0.2) is 43.0 Å². The van der Waals surface area contributed by atoms with E-state index >= 15 is 0 Å². The number of rotatable bonds is 7. The molecule has 1 aromatic carbocycles. The van der Waals surface area contributed by atoms with Crippen molar-refractivity contribution in [2.45, 2.75) is 30.4 Å². The minimum Gasteiger partial charge on any atom is -0.377 e. The SMILES string of the molecule is O=C(NCc1cn2cc(Br)ccc2n1)c1cccc(S(=O)(=O)NCC2CCCO2)c1. The third-order valence-electron chi connectivity index (χ3n) is 4.83. The number of nitrogens with one attached hydrogen (secondary N) is 2. The number of sulfonamides is 1. The Bertz CT molecular complexity index is 1170. The standard InChI is InChI=1S/C20H21BrN4O4S/c21-15-6-7-19-24-16(13-25(19)12-15)10-22-20(26)14-3-1-5-18(9-14)30(27,28)23-11-17-4-2-8-29-17/h1,3,5-7,9,12-13,17,23H,2,4,8,10-11H2,(H,22,26). The second kappa shape index (κ2) is 8.84. The van der Waals surface area contributed by atoms with E-state index in [1.165, 1.54) is 12.1 Å². The van der Waals surface area contributed by atoms with Crippen molar-refractivity contribution in [3.63, 3.8) is 0 Å². The molecule has 1 amide bonds. The zero-order valence-corrected chi connectivity index (χ0v) is 18.4. The number of amides is 1. The maximum atomic E-state index is 12.6. The Morgan fingerprint density at radius 1 is 1.27 bits per heavy atom. The molecule has 1 atom stereocenters. The number of carbonyl (C=O) groups excluding carboxylic acids is 1. The predicted octanol–water partition coefficient (Wildman–Crippen LogP) is 2.48. The number of carbonyl (C=O) groups is 1. The van der Waals surface area contributed by atoms with Gasteiger partial charge in [-0.2, -0.15) is 0 Å². The Morgan fingerprint density at radius 2 is 2.13 bits per heavy atom. The molecule has 2 N–H and O–H groups in total. The summed E-state index contributed by atoms with van der Waals surface area (Å²) in [5, 5.41) is 2.78. The van der Waals surface area contributed by atoms with Crippen molar-refractivity contribution in [1.82, 2.24) is 19.4 Å². The first-order valence-electron chi connectivity index (χ1n) is 9.53. The molecule has 2 aromatic heterocycles. The number of imidazole rings is 1. The van der Waals surface area contributed by atoms with Gasteiger partial charge in [0.2, 0.25) is 10.0 Å². The average molecular weight is 493 g/mol. The maximum Gasteiger partial charge on any atom is 0.251 e. The molecule has 158 valence electrons. The van der Waals surface area contributed by atoms with Crippen LogP contribution in [0.5, 0.6) is 0 Å². The van der Waals surface area contributed by atoms with E-state index in [4.69, 9.17) is 4.74 Å². The molecule has 1 saturated heterocycles. The zero-order chi connectivity index (χ0) is 21.1. The van der Waals surface area contributed by atoms with Crippen LogP contribution >= 0.6 is 15.9 Å². The van der Waals surface area contributed by atoms with Gasteiger partial charge < -0.3 is 14.5 Å². The van der Waals surface area contributed by atoms with Gasteiger partial charge in [0.15, 0.2) is 0 Å². The van der Waals surface area contributed by atoms with Crippen molar-refractivity contribution in [3.05, 3.63) is 64.5 Å². The fraction of sp³-hybridized carbons (Fsp3) is 0.300. The molecule has 0 saturated carbocycles. The summed E-state index contributed by atoms with van der Waals surface area (Å²) in [5.41, 5.74) is 1.73. The molecule has 30 heavy (non-hydrogen) atoms. The highest BCUT2D eigenvalue weighted by Gasteiger charge is 2.21. The summed E-state index contributed by atoms with van der Waals surface area (Å²) in [7, 11) is -3.72. The molecule has 1 unspecified atom stereocenters. The Hall–Kier alpha value is -2.27. The Kier molecular flexibility index (Phi) is 6.19. The quantitative estimate of drug-likeness (QED) is 0.527. The molecule has 3 aromatic rings. The molecule has 10 heteroatoms. The molecule has 0 radical (unpaired) electrons. The van der Waals surface area contributed by atoms with Crippen molar-refractivity contribution in [2.75, 3.05) is 13.2 Å². The van der Waals surface area contributed by atoms with E-state index < -0.39 is 10.0 Å². The van der Waals surface area contributed by atoms with Crippen molar-refractivity contribution < 1.29 is 17.9 Å². The minimum absolute atomic E-state index is 0.0470. The normalized spacial score (nSPS) is 16.8. The summed E-state index contributed by atoms with van der Waals surface area (Å²) in [6.07, 6.45) is 5.38. The van der Waals surface area contributed by atoms with Crippen molar-refractivity contribution in [1.29, 1.82) is 0 Å². The van der Waals surface area contributed by atoms with Crippen LogP contribution in [0.3, 0.4) is 0 Å². The van der Waals surface area contributed by atoms with Gasteiger partial charge >= 0.3 is 0 Å². The molecule has 0 spiro atoms. The van der Waals surface area contributed by atoms with Gasteiger partial charge in [0, 0.05) is 35.6 Å². The van der Waals surface area contributed by atoms with Gasteiger partial charge in [0.05, 0.1) is 23.2 Å². The van der Waals surface area contributed by atoms with E-state index in [-0.39, 0.29) is 35.6 Å². The van der Waals surface area contributed by atoms with Crippen LogP contribution in [0.4, 0.5) is 0 Å². The summed E-state index contributed by atoms with van der Waals surface area (Å²) >= 11 is 3.41. The highest BCUT2D eigenvalue weighted by atomic mass is 79.9. The number of ether oxygens (including phenoxy) is 1. The topological polar surface area (TPSA) is 102 Å². The van der Waals surface area contributed by atoms with Gasteiger partial charge in [-0.25, -0.2) is 18.1 Å². The first-order valence-corrected chi connectivity index (χ1v) is 11.8. The monoisotopic (exact) mass is 492 g/mol.